The summed E-state index contributed by atoms with van der Waals surface area (Å²) in [5.41, 5.74) is 0. The normalized spacial score (nSPS) is 17.6. The van der Waals surface area contributed by atoms with Crippen molar-refractivity contribution in [1.29, 1.82) is 0 Å². The zero-order valence-corrected chi connectivity index (χ0v) is 6.26. The van der Waals surface area contributed by atoms with Gasteiger partial charge in [-0.05, 0) is 6.92 Å². The lowest BCUT2D eigenvalue weighted by Crippen LogP contribution is -2.36. The molecule has 6 heteroatoms. The van der Waals surface area contributed by atoms with E-state index in [0.29, 0.717) is 0 Å². The number of hydrogen-bond acceptors (Lipinski definition) is 1. The zero-order chi connectivity index (χ0) is 9.28. The van der Waals surface area contributed by atoms with Crippen molar-refractivity contribution < 1.29 is 22.4 Å². The van der Waals surface area contributed by atoms with Crippen molar-refractivity contribution in [1.82, 2.24) is 0 Å². The average Bonchev–Trinajstić information content (AvgIpc) is 1.56. The molecule has 0 aromatic carbocycles. The third-order valence-corrected chi connectivity index (χ3v) is 1.23. The first kappa shape index (κ1) is 10.7. The fraction of sp³-hybridized carbons (Fsp3) is 0.800. The Morgan fingerprint density at radius 2 is 1.73 bits per heavy atom. The SMILES string of the molecule is CC(=O)CC(F)(Cl)C(F)(F)F. The largest absolute Gasteiger partial charge is 0.437 e. The number of alkyl halides is 5. The summed E-state index contributed by atoms with van der Waals surface area (Å²) in [7, 11) is 0. The molecule has 0 fully saturated rings. The van der Waals surface area contributed by atoms with Crippen LogP contribution in [0.2, 0.25) is 0 Å². The molecule has 1 atom stereocenters. The van der Waals surface area contributed by atoms with Gasteiger partial charge in [-0.25, -0.2) is 4.39 Å². The quantitative estimate of drug-likeness (QED) is 0.485. The molecule has 1 nitrogen and oxygen atoms in total. The van der Waals surface area contributed by atoms with Gasteiger partial charge < -0.3 is 0 Å². The number of halogens is 5. The number of carbonyl (C=O) groups is 1. The average molecular weight is 193 g/mol. The Morgan fingerprint density at radius 1 is 1.36 bits per heavy atom. The molecule has 0 saturated heterocycles. The maximum atomic E-state index is 12.3. The van der Waals surface area contributed by atoms with E-state index in [1.165, 1.54) is 0 Å². The number of Topliss-reactive ketones (excluding diaryl/α,β-unsaturated/α-hetero) is 1. The highest BCUT2D eigenvalue weighted by Crippen LogP contribution is 2.40. The van der Waals surface area contributed by atoms with Gasteiger partial charge in [-0.3, -0.25) is 4.79 Å². The molecular weight excluding hydrogens is 187 g/mol. The Labute approximate surface area is 65.3 Å². The lowest BCUT2D eigenvalue weighted by atomic mass is 10.2. The lowest BCUT2D eigenvalue weighted by Gasteiger charge is -2.19. The van der Waals surface area contributed by atoms with E-state index in [0.717, 1.165) is 6.92 Å². The van der Waals surface area contributed by atoms with Crippen LogP contribution in [0.1, 0.15) is 13.3 Å². The summed E-state index contributed by atoms with van der Waals surface area (Å²) in [6.07, 6.45) is -6.54. The van der Waals surface area contributed by atoms with Gasteiger partial charge in [0, 0.05) is 0 Å². The predicted molar refractivity (Wildman–Crippen MR) is 31.0 cm³/mol. The molecule has 0 rings (SSSR count). The molecule has 0 heterocycles. The topological polar surface area (TPSA) is 17.1 Å². The van der Waals surface area contributed by atoms with E-state index >= 15 is 0 Å². The van der Waals surface area contributed by atoms with Crippen molar-refractivity contribution in [2.45, 2.75) is 24.6 Å². The maximum Gasteiger partial charge on any atom is 0.437 e. The summed E-state index contributed by atoms with van der Waals surface area (Å²) in [6.45, 7) is 0.836. The summed E-state index contributed by atoms with van der Waals surface area (Å²) < 4.78 is 46.9. The van der Waals surface area contributed by atoms with E-state index in [4.69, 9.17) is 0 Å². The third kappa shape index (κ3) is 3.05. The fourth-order valence-corrected chi connectivity index (χ4v) is 0.601. The minimum absolute atomic E-state index is 0.836. The first-order valence-electron chi connectivity index (χ1n) is 2.61. The first-order chi connectivity index (χ1) is 4.67. The highest BCUT2D eigenvalue weighted by atomic mass is 35.5. The minimum atomic E-state index is -5.19. The van der Waals surface area contributed by atoms with Crippen molar-refractivity contribution >= 4 is 17.4 Å². The number of ketones is 1. The first-order valence-corrected chi connectivity index (χ1v) is 2.98. The monoisotopic (exact) mass is 192 g/mol. The van der Waals surface area contributed by atoms with E-state index in [-0.39, 0.29) is 0 Å². The van der Waals surface area contributed by atoms with E-state index in [2.05, 4.69) is 11.6 Å². The van der Waals surface area contributed by atoms with Crippen LogP contribution >= 0.6 is 11.6 Å². The summed E-state index contributed by atoms with van der Waals surface area (Å²) in [4.78, 5) is 10.1. The molecule has 0 aromatic heterocycles. The summed E-state index contributed by atoms with van der Waals surface area (Å²) in [5, 5.41) is -3.92. The van der Waals surface area contributed by atoms with Crippen molar-refractivity contribution in [2.75, 3.05) is 0 Å². The molecule has 0 radical (unpaired) electrons. The van der Waals surface area contributed by atoms with Crippen LogP contribution in [0.15, 0.2) is 0 Å². The molecule has 0 aliphatic heterocycles. The molecule has 0 spiro atoms. The number of hydrogen-bond donors (Lipinski definition) is 0. The Kier molecular flexibility index (Phi) is 2.88. The van der Waals surface area contributed by atoms with Gasteiger partial charge in [0.2, 0.25) is 0 Å². The summed E-state index contributed by atoms with van der Waals surface area (Å²) in [6, 6.07) is 0. The molecular formula is C5H5ClF4O. The van der Waals surface area contributed by atoms with Crippen molar-refractivity contribution in [3.8, 4) is 0 Å². The van der Waals surface area contributed by atoms with Gasteiger partial charge in [-0.1, -0.05) is 11.6 Å². The van der Waals surface area contributed by atoms with Crippen LogP contribution in [0.25, 0.3) is 0 Å². The molecule has 0 bridgehead atoms. The van der Waals surface area contributed by atoms with Gasteiger partial charge in [-0.15, -0.1) is 0 Å². The Bertz CT molecular complexity index is 162. The predicted octanol–water partition coefficient (Wildman–Crippen LogP) is 2.43. The van der Waals surface area contributed by atoms with Crippen LogP contribution in [-0.4, -0.2) is 17.1 Å². The Morgan fingerprint density at radius 3 is 1.82 bits per heavy atom. The molecule has 0 aliphatic carbocycles. The van der Waals surface area contributed by atoms with Crippen LogP contribution in [0.5, 0.6) is 0 Å². The molecule has 11 heavy (non-hydrogen) atoms. The maximum absolute atomic E-state index is 12.3. The van der Waals surface area contributed by atoms with E-state index in [1.54, 1.807) is 0 Å². The Hall–Kier alpha value is -0.320. The van der Waals surface area contributed by atoms with Gasteiger partial charge in [0.25, 0.3) is 5.13 Å². The number of carbonyl (C=O) groups excluding carboxylic acids is 1. The fourth-order valence-electron chi connectivity index (χ4n) is 0.413. The second kappa shape index (κ2) is 2.97. The standard InChI is InChI=1S/C5H5ClF4O/c1-3(11)2-4(6,7)5(8,9)10/h2H2,1H3. The van der Waals surface area contributed by atoms with Crippen molar-refractivity contribution in [2.24, 2.45) is 0 Å². The zero-order valence-electron chi connectivity index (χ0n) is 5.51. The molecule has 1 unspecified atom stereocenters. The second-order valence-corrected chi connectivity index (χ2v) is 2.68. The van der Waals surface area contributed by atoms with Gasteiger partial charge in [0.15, 0.2) is 0 Å². The van der Waals surface area contributed by atoms with Crippen LogP contribution in [0.4, 0.5) is 17.6 Å². The highest BCUT2D eigenvalue weighted by Gasteiger charge is 2.55. The van der Waals surface area contributed by atoms with Crippen molar-refractivity contribution in [3.05, 3.63) is 0 Å². The smallest absolute Gasteiger partial charge is 0.300 e. The van der Waals surface area contributed by atoms with Gasteiger partial charge >= 0.3 is 6.18 Å². The number of rotatable bonds is 2. The molecule has 0 saturated carbocycles. The van der Waals surface area contributed by atoms with Gasteiger partial charge in [-0.2, -0.15) is 13.2 Å². The molecule has 0 aliphatic rings. The van der Waals surface area contributed by atoms with Crippen LogP contribution in [-0.2, 0) is 4.79 Å². The summed E-state index contributed by atoms with van der Waals surface area (Å²) in [5.74, 6) is -0.945. The molecule has 0 N–H and O–H groups in total. The molecule has 0 amide bonds. The van der Waals surface area contributed by atoms with Crippen molar-refractivity contribution in [3.63, 3.8) is 0 Å². The second-order valence-electron chi connectivity index (χ2n) is 2.08. The summed E-state index contributed by atoms with van der Waals surface area (Å²) >= 11 is 4.39. The van der Waals surface area contributed by atoms with Crippen LogP contribution < -0.4 is 0 Å². The lowest BCUT2D eigenvalue weighted by molar-refractivity contribution is -0.200. The van der Waals surface area contributed by atoms with Crippen LogP contribution in [0.3, 0.4) is 0 Å². The minimum Gasteiger partial charge on any atom is -0.300 e. The van der Waals surface area contributed by atoms with Gasteiger partial charge in [0.1, 0.15) is 5.78 Å². The Balaban J connectivity index is 4.34. The molecule has 0 aromatic rings. The molecule has 66 valence electrons. The third-order valence-electron chi connectivity index (χ3n) is 0.886. The highest BCUT2D eigenvalue weighted by molar-refractivity contribution is 6.24. The van der Waals surface area contributed by atoms with Gasteiger partial charge in [0.05, 0.1) is 6.42 Å². The van der Waals surface area contributed by atoms with E-state index < -0.39 is 23.5 Å². The van der Waals surface area contributed by atoms with E-state index in [1.807, 2.05) is 0 Å². The van der Waals surface area contributed by atoms with Crippen LogP contribution in [0, 0.1) is 0 Å². The van der Waals surface area contributed by atoms with E-state index in [9.17, 15) is 22.4 Å².